The van der Waals surface area contributed by atoms with Gasteiger partial charge in [0.15, 0.2) is 9.84 Å². The maximum absolute atomic E-state index is 12.1. The van der Waals surface area contributed by atoms with Crippen LogP contribution in [0.2, 0.25) is 0 Å². The summed E-state index contributed by atoms with van der Waals surface area (Å²) >= 11 is 0. The second-order valence-electron chi connectivity index (χ2n) is 9.74. The number of nitrogens with zero attached hydrogens (tertiary/aromatic N) is 6. The predicted octanol–water partition coefficient (Wildman–Crippen LogP) is 1.73. The Bertz CT molecular complexity index is 1280. The largest absolute Gasteiger partial charge is 0.494 e. The lowest BCUT2D eigenvalue weighted by Crippen LogP contribution is -2.63. The van der Waals surface area contributed by atoms with Crippen molar-refractivity contribution in [3.63, 3.8) is 0 Å². The van der Waals surface area contributed by atoms with E-state index in [0.717, 1.165) is 50.6 Å². The second-order valence-corrected chi connectivity index (χ2v) is 11.8. The molecule has 0 bridgehead atoms. The predicted molar refractivity (Wildman–Crippen MR) is 145 cm³/mol. The SMILES string of the molecule is COc1cc(N2CC(N3CCN(C)CC3)C2)ccc1Nc1ncnc(NC2CC=CC=C2S(C)(=O)=O)n1. The number of nitrogens with one attached hydrogen (secondary N) is 2. The van der Waals surface area contributed by atoms with Crippen molar-refractivity contribution in [3.8, 4) is 5.75 Å². The average Bonchev–Trinajstić information content (AvgIpc) is 2.85. The van der Waals surface area contributed by atoms with Gasteiger partial charge in [0.25, 0.3) is 0 Å². The summed E-state index contributed by atoms with van der Waals surface area (Å²) < 4.78 is 30.0. The summed E-state index contributed by atoms with van der Waals surface area (Å²) in [7, 11) is 0.476. The topological polar surface area (TPSA) is 116 Å². The molecule has 0 saturated carbocycles. The number of ether oxygens (including phenoxy) is 1. The molecule has 12 heteroatoms. The highest BCUT2D eigenvalue weighted by Crippen LogP contribution is 2.34. The summed E-state index contributed by atoms with van der Waals surface area (Å²) in [6.07, 6.45) is 8.38. The molecule has 37 heavy (non-hydrogen) atoms. The molecule has 1 aliphatic carbocycles. The number of sulfone groups is 1. The molecule has 2 aromatic rings. The number of hydrogen-bond donors (Lipinski definition) is 2. The Labute approximate surface area is 218 Å². The van der Waals surface area contributed by atoms with Gasteiger partial charge in [-0.2, -0.15) is 4.98 Å². The summed E-state index contributed by atoms with van der Waals surface area (Å²) in [6.45, 7) is 6.56. The van der Waals surface area contributed by atoms with Crippen LogP contribution in [0.5, 0.6) is 5.75 Å². The number of allylic oxidation sites excluding steroid dienone is 2. The minimum atomic E-state index is -3.35. The van der Waals surface area contributed by atoms with Crippen molar-refractivity contribution in [2.75, 3.05) is 75.2 Å². The number of benzene rings is 1. The highest BCUT2D eigenvalue weighted by atomic mass is 32.2. The first-order valence-electron chi connectivity index (χ1n) is 12.4. The van der Waals surface area contributed by atoms with Crippen LogP contribution in [-0.2, 0) is 9.84 Å². The number of methoxy groups -OCH3 is 1. The normalized spacial score (nSPS) is 21.3. The van der Waals surface area contributed by atoms with Crippen molar-refractivity contribution in [3.05, 3.63) is 47.7 Å². The number of likely N-dealkylation sites (N-methyl/N-ethyl adjacent to an activating group) is 1. The Morgan fingerprint density at radius 2 is 1.84 bits per heavy atom. The molecule has 1 aromatic carbocycles. The Morgan fingerprint density at radius 3 is 2.57 bits per heavy atom. The number of aromatic nitrogens is 3. The zero-order valence-electron chi connectivity index (χ0n) is 21.5. The zero-order valence-corrected chi connectivity index (χ0v) is 22.3. The Kier molecular flexibility index (Phi) is 7.31. The van der Waals surface area contributed by atoms with Gasteiger partial charge in [0, 0.05) is 63.3 Å². The first-order chi connectivity index (χ1) is 17.8. The molecule has 0 radical (unpaired) electrons. The lowest BCUT2D eigenvalue weighted by Gasteiger charge is -2.48. The Morgan fingerprint density at radius 1 is 1.08 bits per heavy atom. The van der Waals surface area contributed by atoms with Crippen LogP contribution >= 0.6 is 0 Å². The molecule has 198 valence electrons. The number of rotatable bonds is 8. The van der Waals surface area contributed by atoms with Crippen LogP contribution < -0.4 is 20.3 Å². The quantitative estimate of drug-likeness (QED) is 0.524. The van der Waals surface area contributed by atoms with E-state index in [1.165, 1.54) is 12.6 Å². The van der Waals surface area contributed by atoms with Crippen molar-refractivity contribution in [2.45, 2.75) is 18.5 Å². The first kappa shape index (κ1) is 25.4. The van der Waals surface area contributed by atoms with Gasteiger partial charge >= 0.3 is 0 Å². The molecular formula is C25H34N8O3S. The van der Waals surface area contributed by atoms with Gasteiger partial charge in [-0.05, 0) is 31.7 Å². The van der Waals surface area contributed by atoms with E-state index in [1.807, 2.05) is 18.2 Å². The third kappa shape index (κ3) is 5.86. The molecule has 2 saturated heterocycles. The van der Waals surface area contributed by atoms with E-state index in [1.54, 1.807) is 19.3 Å². The second kappa shape index (κ2) is 10.6. The van der Waals surface area contributed by atoms with Gasteiger partial charge in [-0.15, -0.1) is 0 Å². The van der Waals surface area contributed by atoms with E-state index < -0.39 is 15.9 Å². The Hall–Kier alpha value is -3.22. The van der Waals surface area contributed by atoms with Gasteiger partial charge in [0.05, 0.1) is 23.7 Å². The number of anilines is 4. The van der Waals surface area contributed by atoms with E-state index in [-0.39, 0.29) is 0 Å². The van der Waals surface area contributed by atoms with Crippen LogP contribution in [0.15, 0.2) is 47.7 Å². The third-order valence-corrected chi connectivity index (χ3v) is 8.41. The van der Waals surface area contributed by atoms with Crippen LogP contribution in [-0.4, -0.2) is 105 Å². The summed E-state index contributed by atoms with van der Waals surface area (Å²) in [5.41, 5.74) is 1.85. The zero-order chi connectivity index (χ0) is 26.0. The maximum Gasteiger partial charge on any atom is 0.232 e. The van der Waals surface area contributed by atoms with Crippen molar-refractivity contribution in [1.29, 1.82) is 0 Å². The standard InChI is InChI=1S/C25H34N8O3S/c1-31-10-12-32(13-11-31)19-15-33(16-19)18-8-9-20(22(14-18)36-2)28-24-26-17-27-25(30-24)29-21-6-4-5-7-23(21)37(3,34)35/h4-5,7-9,14,17,19,21H,6,10-13,15-16H2,1-3H3,(H2,26,27,28,29,30). The third-order valence-electron chi connectivity index (χ3n) is 7.13. The van der Waals surface area contributed by atoms with Crippen molar-refractivity contribution in [2.24, 2.45) is 0 Å². The van der Waals surface area contributed by atoms with Gasteiger partial charge in [-0.25, -0.2) is 18.4 Å². The van der Waals surface area contributed by atoms with E-state index in [0.29, 0.717) is 35.0 Å². The number of piperazine rings is 1. The van der Waals surface area contributed by atoms with E-state index in [9.17, 15) is 8.42 Å². The number of hydrogen-bond acceptors (Lipinski definition) is 11. The van der Waals surface area contributed by atoms with Crippen molar-refractivity contribution >= 4 is 33.1 Å². The monoisotopic (exact) mass is 526 g/mol. The maximum atomic E-state index is 12.1. The van der Waals surface area contributed by atoms with Gasteiger partial charge in [-0.1, -0.05) is 12.2 Å². The summed E-state index contributed by atoms with van der Waals surface area (Å²) in [5, 5.41) is 6.32. The fourth-order valence-corrected chi connectivity index (χ4v) is 5.89. The van der Waals surface area contributed by atoms with Crippen LogP contribution in [0.3, 0.4) is 0 Å². The van der Waals surface area contributed by atoms with E-state index >= 15 is 0 Å². The highest BCUT2D eigenvalue weighted by molar-refractivity contribution is 7.94. The molecular weight excluding hydrogens is 492 g/mol. The van der Waals surface area contributed by atoms with E-state index in [2.05, 4.69) is 53.4 Å². The molecule has 3 heterocycles. The van der Waals surface area contributed by atoms with Crippen LogP contribution in [0.4, 0.5) is 23.3 Å². The molecule has 0 amide bonds. The molecule has 5 rings (SSSR count). The van der Waals surface area contributed by atoms with E-state index in [4.69, 9.17) is 4.74 Å². The molecule has 2 aliphatic heterocycles. The van der Waals surface area contributed by atoms with Crippen LogP contribution in [0.25, 0.3) is 0 Å². The lowest BCUT2D eigenvalue weighted by atomic mass is 10.0. The summed E-state index contributed by atoms with van der Waals surface area (Å²) in [5.74, 6) is 1.31. The highest BCUT2D eigenvalue weighted by Gasteiger charge is 2.33. The van der Waals surface area contributed by atoms with Gasteiger partial charge in [-0.3, -0.25) is 4.90 Å². The molecule has 1 atom stereocenters. The van der Waals surface area contributed by atoms with Gasteiger partial charge in [0.2, 0.25) is 11.9 Å². The molecule has 1 aromatic heterocycles. The minimum absolute atomic E-state index is 0.290. The fraction of sp³-hybridized carbons (Fsp3) is 0.480. The minimum Gasteiger partial charge on any atom is -0.494 e. The molecule has 3 aliphatic rings. The molecule has 0 spiro atoms. The fourth-order valence-electron chi connectivity index (χ4n) is 4.89. The molecule has 2 N–H and O–H groups in total. The molecule has 1 unspecified atom stereocenters. The smallest absolute Gasteiger partial charge is 0.232 e. The van der Waals surface area contributed by atoms with Crippen molar-refractivity contribution in [1.82, 2.24) is 24.8 Å². The Balaban J connectivity index is 1.23. The molecule has 2 fully saturated rings. The average molecular weight is 527 g/mol. The van der Waals surface area contributed by atoms with Crippen molar-refractivity contribution < 1.29 is 13.2 Å². The summed E-state index contributed by atoms with van der Waals surface area (Å²) in [4.78, 5) is 20.5. The van der Waals surface area contributed by atoms with Gasteiger partial charge < -0.3 is 25.2 Å². The van der Waals surface area contributed by atoms with Crippen LogP contribution in [0.1, 0.15) is 6.42 Å². The van der Waals surface area contributed by atoms with Crippen LogP contribution in [0, 0.1) is 0 Å². The summed E-state index contributed by atoms with van der Waals surface area (Å²) in [6, 6.07) is 6.23. The first-order valence-corrected chi connectivity index (χ1v) is 14.3. The lowest BCUT2D eigenvalue weighted by molar-refractivity contribution is 0.0963. The molecule has 11 nitrogen and oxygen atoms in total. The van der Waals surface area contributed by atoms with Gasteiger partial charge in [0.1, 0.15) is 12.1 Å².